The first kappa shape index (κ1) is 26.2. The molecule has 1 aromatic heterocycles. The minimum absolute atomic E-state index is 0.0496. The third kappa shape index (κ3) is 6.03. The van der Waals surface area contributed by atoms with Crippen LogP contribution in [0.5, 0.6) is 11.5 Å². The SMILES string of the molecule is COc1ccc([C@H](C(=O)NC2CCCCC2)N(Cc2ccccc2)C(=O)Cn2nnc3ccccc32)cc1O. The number of amides is 2. The molecule has 0 radical (unpaired) electrons. The number of fused-ring (bicyclic) bond motifs is 1. The summed E-state index contributed by atoms with van der Waals surface area (Å²) >= 11 is 0. The van der Waals surface area contributed by atoms with Crippen LogP contribution in [0.2, 0.25) is 0 Å². The van der Waals surface area contributed by atoms with Crippen molar-refractivity contribution in [3.63, 3.8) is 0 Å². The van der Waals surface area contributed by atoms with Gasteiger partial charge in [0.1, 0.15) is 18.1 Å². The van der Waals surface area contributed by atoms with Gasteiger partial charge in [0.2, 0.25) is 11.8 Å². The molecule has 9 nitrogen and oxygen atoms in total. The highest BCUT2D eigenvalue weighted by atomic mass is 16.5. The zero-order valence-electron chi connectivity index (χ0n) is 22.0. The lowest BCUT2D eigenvalue weighted by molar-refractivity contribution is -0.142. The van der Waals surface area contributed by atoms with E-state index < -0.39 is 6.04 Å². The van der Waals surface area contributed by atoms with Crippen LogP contribution < -0.4 is 10.1 Å². The standard InChI is InChI=1S/C30H33N5O4/c1-39-27-17-16-22(18-26(27)36)29(30(38)31-23-12-6-3-7-13-23)34(19-21-10-4-2-5-11-21)28(37)20-35-25-15-9-8-14-24(25)32-33-35/h2,4-5,8-11,14-18,23,29,36H,3,6-7,12-13,19-20H2,1H3,(H,31,38)/t29-/m1/s1. The highest BCUT2D eigenvalue weighted by Crippen LogP contribution is 2.33. The summed E-state index contributed by atoms with van der Waals surface area (Å²) in [4.78, 5) is 29.6. The van der Waals surface area contributed by atoms with Crippen molar-refractivity contribution in [3.8, 4) is 11.5 Å². The molecule has 1 aliphatic rings. The van der Waals surface area contributed by atoms with Gasteiger partial charge in [0, 0.05) is 12.6 Å². The maximum absolute atomic E-state index is 14.0. The van der Waals surface area contributed by atoms with E-state index in [1.54, 1.807) is 21.7 Å². The molecule has 9 heteroatoms. The van der Waals surface area contributed by atoms with Gasteiger partial charge in [-0.15, -0.1) is 5.10 Å². The summed E-state index contributed by atoms with van der Waals surface area (Å²) in [6, 6.07) is 20.9. The van der Waals surface area contributed by atoms with E-state index in [0.29, 0.717) is 16.8 Å². The Labute approximate surface area is 227 Å². The van der Waals surface area contributed by atoms with Gasteiger partial charge in [-0.3, -0.25) is 9.59 Å². The minimum Gasteiger partial charge on any atom is -0.504 e. The van der Waals surface area contributed by atoms with Crippen LogP contribution in [0.1, 0.15) is 49.3 Å². The van der Waals surface area contributed by atoms with E-state index in [4.69, 9.17) is 4.74 Å². The first-order valence-corrected chi connectivity index (χ1v) is 13.3. The van der Waals surface area contributed by atoms with Crippen LogP contribution in [0.15, 0.2) is 72.8 Å². The molecule has 1 heterocycles. The number of methoxy groups -OCH3 is 1. The number of aromatic nitrogens is 3. The lowest BCUT2D eigenvalue weighted by atomic mass is 9.94. The second kappa shape index (κ2) is 12.0. The Balaban J connectivity index is 1.53. The Hall–Kier alpha value is -4.40. The van der Waals surface area contributed by atoms with Crippen LogP contribution >= 0.6 is 0 Å². The molecular formula is C30H33N5O4. The molecule has 4 aromatic rings. The summed E-state index contributed by atoms with van der Waals surface area (Å²) < 4.78 is 6.78. The van der Waals surface area contributed by atoms with Crippen LogP contribution in [0.3, 0.4) is 0 Å². The molecule has 0 aliphatic heterocycles. The van der Waals surface area contributed by atoms with Gasteiger partial charge in [0.05, 0.1) is 12.6 Å². The van der Waals surface area contributed by atoms with Gasteiger partial charge in [0.15, 0.2) is 11.5 Å². The molecule has 2 N–H and O–H groups in total. The van der Waals surface area contributed by atoms with Gasteiger partial charge >= 0.3 is 0 Å². The van der Waals surface area contributed by atoms with Crippen molar-refractivity contribution in [3.05, 3.63) is 83.9 Å². The molecule has 1 fully saturated rings. The van der Waals surface area contributed by atoms with E-state index in [0.717, 1.165) is 43.2 Å². The van der Waals surface area contributed by atoms with Gasteiger partial charge < -0.3 is 20.1 Å². The van der Waals surface area contributed by atoms with Crippen molar-refractivity contribution in [2.45, 2.75) is 57.3 Å². The van der Waals surface area contributed by atoms with E-state index in [9.17, 15) is 14.7 Å². The Morgan fingerprint density at radius 3 is 2.54 bits per heavy atom. The molecule has 1 atom stereocenters. The average Bonchev–Trinajstić information content (AvgIpc) is 3.36. The van der Waals surface area contributed by atoms with Crippen molar-refractivity contribution in [1.82, 2.24) is 25.2 Å². The summed E-state index contributed by atoms with van der Waals surface area (Å²) in [6.45, 7) is 0.102. The molecule has 0 saturated heterocycles. The number of rotatable bonds is 9. The summed E-state index contributed by atoms with van der Waals surface area (Å²) in [5.74, 6) is -0.382. The molecular weight excluding hydrogens is 494 g/mol. The number of nitrogens with one attached hydrogen (secondary N) is 1. The molecule has 2 amide bonds. The van der Waals surface area contributed by atoms with Crippen molar-refractivity contribution >= 4 is 22.8 Å². The predicted octanol–water partition coefficient (Wildman–Crippen LogP) is 4.36. The number of hydrogen-bond donors (Lipinski definition) is 2. The van der Waals surface area contributed by atoms with Gasteiger partial charge in [-0.05, 0) is 48.2 Å². The first-order chi connectivity index (χ1) is 19.0. The Morgan fingerprint density at radius 1 is 1.05 bits per heavy atom. The molecule has 5 rings (SSSR count). The van der Waals surface area contributed by atoms with Gasteiger partial charge in [-0.1, -0.05) is 73.0 Å². The second-order valence-electron chi connectivity index (χ2n) is 9.92. The number of ether oxygens (including phenoxy) is 1. The lowest BCUT2D eigenvalue weighted by Gasteiger charge is -2.33. The topological polar surface area (TPSA) is 110 Å². The molecule has 39 heavy (non-hydrogen) atoms. The summed E-state index contributed by atoms with van der Waals surface area (Å²) in [5, 5.41) is 22.2. The predicted molar refractivity (Wildman–Crippen MR) is 147 cm³/mol. The van der Waals surface area contributed by atoms with Crippen LogP contribution in [-0.2, 0) is 22.7 Å². The average molecular weight is 528 g/mol. The number of aromatic hydroxyl groups is 1. The Morgan fingerprint density at radius 2 is 1.79 bits per heavy atom. The first-order valence-electron chi connectivity index (χ1n) is 13.3. The maximum Gasteiger partial charge on any atom is 0.247 e. The van der Waals surface area contributed by atoms with Crippen LogP contribution in [-0.4, -0.2) is 50.0 Å². The van der Waals surface area contributed by atoms with Gasteiger partial charge in [0.25, 0.3) is 0 Å². The van der Waals surface area contributed by atoms with Crippen LogP contribution in [0.4, 0.5) is 0 Å². The second-order valence-corrected chi connectivity index (χ2v) is 9.92. The monoisotopic (exact) mass is 527 g/mol. The van der Waals surface area contributed by atoms with E-state index in [2.05, 4.69) is 15.6 Å². The zero-order valence-corrected chi connectivity index (χ0v) is 22.0. The number of carbonyl (C=O) groups excluding carboxylic acids is 2. The number of phenolic OH excluding ortho intramolecular Hbond substituents is 1. The number of carbonyl (C=O) groups is 2. The number of para-hydroxylation sites is 1. The fourth-order valence-corrected chi connectivity index (χ4v) is 5.23. The largest absolute Gasteiger partial charge is 0.504 e. The molecule has 0 spiro atoms. The third-order valence-corrected chi connectivity index (χ3v) is 7.25. The number of hydrogen-bond acceptors (Lipinski definition) is 6. The lowest BCUT2D eigenvalue weighted by Crippen LogP contribution is -2.47. The molecule has 1 aliphatic carbocycles. The van der Waals surface area contributed by atoms with Crippen LogP contribution in [0, 0.1) is 0 Å². The van der Waals surface area contributed by atoms with Crippen LogP contribution in [0.25, 0.3) is 11.0 Å². The van der Waals surface area contributed by atoms with Crippen molar-refractivity contribution in [2.75, 3.05) is 7.11 Å². The minimum atomic E-state index is -0.980. The van der Waals surface area contributed by atoms with E-state index in [-0.39, 0.29) is 36.7 Å². The summed E-state index contributed by atoms with van der Waals surface area (Å²) in [7, 11) is 1.47. The van der Waals surface area contributed by atoms with E-state index in [1.807, 2.05) is 54.6 Å². The van der Waals surface area contributed by atoms with Crippen molar-refractivity contribution in [2.24, 2.45) is 0 Å². The third-order valence-electron chi connectivity index (χ3n) is 7.25. The normalized spacial score (nSPS) is 14.6. The Kier molecular flexibility index (Phi) is 8.05. The summed E-state index contributed by atoms with van der Waals surface area (Å²) in [5.41, 5.74) is 2.79. The van der Waals surface area contributed by atoms with Gasteiger partial charge in [-0.2, -0.15) is 0 Å². The fraction of sp³-hybridized carbons (Fsp3) is 0.333. The number of benzene rings is 3. The molecule has 3 aromatic carbocycles. The van der Waals surface area contributed by atoms with Crippen molar-refractivity contribution < 1.29 is 19.4 Å². The Bertz CT molecular complexity index is 1430. The zero-order chi connectivity index (χ0) is 27.2. The quantitative estimate of drug-likeness (QED) is 0.335. The number of phenols is 1. The van der Waals surface area contributed by atoms with Crippen molar-refractivity contribution in [1.29, 1.82) is 0 Å². The summed E-state index contributed by atoms with van der Waals surface area (Å²) in [6.07, 6.45) is 5.09. The highest BCUT2D eigenvalue weighted by Gasteiger charge is 2.34. The molecule has 0 unspecified atom stereocenters. The maximum atomic E-state index is 14.0. The fourth-order valence-electron chi connectivity index (χ4n) is 5.23. The van der Waals surface area contributed by atoms with E-state index >= 15 is 0 Å². The molecule has 0 bridgehead atoms. The highest BCUT2D eigenvalue weighted by molar-refractivity contribution is 5.89. The molecule has 202 valence electrons. The smallest absolute Gasteiger partial charge is 0.247 e. The molecule has 1 saturated carbocycles. The van der Waals surface area contributed by atoms with E-state index in [1.165, 1.54) is 13.2 Å². The van der Waals surface area contributed by atoms with Gasteiger partial charge in [-0.25, -0.2) is 4.68 Å². The number of nitrogens with zero attached hydrogens (tertiary/aromatic N) is 4.